The minimum Gasteiger partial charge on any atom is -0.549 e. The van der Waals surface area contributed by atoms with Crippen LogP contribution in [0, 0.1) is 0 Å². The summed E-state index contributed by atoms with van der Waals surface area (Å²) in [6.45, 7) is 6.07. The van der Waals surface area contributed by atoms with Gasteiger partial charge in [-0.25, -0.2) is 0 Å². The monoisotopic (exact) mass is 522 g/mol. The van der Waals surface area contributed by atoms with E-state index in [4.69, 9.17) is 4.74 Å². The molecule has 1 N–H and O–H groups in total. The van der Waals surface area contributed by atoms with Crippen molar-refractivity contribution < 1.29 is 93.2 Å². The number of thioether (sulfide) groups is 1. The molecule has 2 heterocycles. The van der Waals surface area contributed by atoms with Gasteiger partial charge < -0.3 is 34.8 Å². The van der Waals surface area contributed by atoms with Crippen LogP contribution in [-0.2, 0) is 19.2 Å². The fourth-order valence-electron chi connectivity index (χ4n) is 4.20. The van der Waals surface area contributed by atoms with E-state index in [2.05, 4.69) is 12.2 Å². The first-order chi connectivity index (χ1) is 15.6. The Kier molecular flexibility index (Phi) is 12.6. The third-order valence-corrected chi connectivity index (χ3v) is 7.55. The van der Waals surface area contributed by atoms with Crippen LogP contribution in [0.4, 0.5) is 0 Å². The fraction of sp³-hybridized carbons (Fsp3) is 0.565. The number of unbranched alkanes of at least 4 members (excludes halogenated alkanes) is 1. The number of ether oxygens (including phenoxy) is 1. The molecular formula is C23H28N2Na2O7S. The fourth-order valence-corrected chi connectivity index (χ4v) is 5.82. The normalized spacial score (nSPS) is 22.5. The third kappa shape index (κ3) is 7.40. The van der Waals surface area contributed by atoms with Crippen LogP contribution in [0.25, 0.3) is 0 Å². The molecule has 2 aliphatic heterocycles. The SMILES string of the molecule is CCCCOc1ccc(C(CCC(=O)N[C@@H]2C(=O)N3C(C(=O)[O-])C(C)(C)S[C@H]23)C(=O)[O-])cc1.[Na+].[Na+]. The van der Waals surface area contributed by atoms with Crippen LogP contribution in [0.2, 0.25) is 0 Å². The van der Waals surface area contributed by atoms with Crippen LogP contribution in [0.15, 0.2) is 24.3 Å². The minimum absolute atomic E-state index is 0. The molecule has 180 valence electrons. The molecule has 2 fully saturated rings. The van der Waals surface area contributed by atoms with Crippen LogP contribution in [0.5, 0.6) is 5.75 Å². The molecule has 4 atom stereocenters. The first-order valence-corrected chi connectivity index (χ1v) is 11.9. The standard InChI is InChI=1S/C23H30N2O7S.2Na/c1-4-5-12-32-14-8-6-13(7-9-14)15(21(28)29)10-11-16(26)24-17-19(27)25-18(22(30)31)23(2,3)33-20(17)25;;/h6-9,15,17-18,20H,4-5,10-12H2,1-3H3,(H,24,26)(H,28,29)(H,30,31);;/q;2*+1/p-2/t15?,17-,18?,20-;;/m1../s1. The predicted molar refractivity (Wildman–Crippen MR) is 117 cm³/mol. The number of nitrogens with one attached hydrogen (secondary N) is 1. The van der Waals surface area contributed by atoms with Gasteiger partial charge in [-0.1, -0.05) is 25.5 Å². The number of carboxylic acids is 2. The molecule has 0 radical (unpaired) electrons. The van der Waals surface area contributed by atoms with Gasteiger partial charge in [-0.05, 0) is 44.4 Å². The van der Waals surface area contributed by atoms with Crippen molar-refractivity contribution in [3.8, 4) is 5.75 Å². The van der Waals surface area contributed by atoms with Crippen molar-refractivity contribution in [1.29, 1.82) is 0 Å². The first kappa shape index (κ1) is 32.3. The summed E-state index contributed by atoms with van der Waals surface area (Å²) in [5.74, 6) is -3.92. The summed E-state index contributed by atoms with van der Waals surface area (Å²) in [4.78, 5) is 49.3. The molecule has 35 heavy (non-hydrogen) atoms. The van der Waals surface area contributed by atoms with Gasteiger partial charge in [-0.3, -0.25) is 9.59 Å². The maximum Gasteiger partial charge on any atom is 1.00 e. The van der Waals surface area contributed by atoms with Gasteiger partial charge in [0, 0.05) is 23.1 Å². The Morgan fingerprint density at radius 2 is 1.80 bits per heavy atom. The van der Waals surface area contributed by atoms with Crippen LogP contribution in [0.1, 0.15) is 57.9 Å². The second-order valence-electron chi connectivity index (χ2n) is 8.81. The minimum atomic E-state index is -1.33. The second-order valence-corrected chi connectivity index (χ2v) is 10.6. The Morgan fingerprint density at radius 3 is 2.34 bits per heavy atom. The van der Waals surface area contributed by atoms with E-state index in [1.807, 2.05) is 0 Å². The average molecular weight is 523 g/mol. The topological polar surface area (TPSA) is 139 Å². The average Bonchev–Trinajstić information content (AvgIpc) is 3.01. The smallest absolute Gasteiger partial charge is 0.549 e. The van der Waals surface area contributed by atoms with Crippen molar-refractivity contribution in [3.63, 3.8) is 0 Å². The van der Waals surface area contributed by atoms with E-state index in [-0.39, 0.29) is 72.0 Å². The summed E-state index contributed by atoms with van der Waals surface area (Å²) in [5, 5.41) is 25.3. The number of carbonyl (C=O) groups excluding carboxylic acids is 4. The second kappa shape index (κ2) is 13.7. The van der Waals surface area contributed by atoms with Gasteiger partial charge in [-0.2, -0.15) is 0 Å². The van der Waals surface area contributed by atoms with E-state index in [0.717, 1.165) is 12.8 Å². The van der Waals surface area contributed by atoms with Crippen LogP contribution in [0.3, 0.4) is 0 Å². The number of hydrogen-bond acceptors (Lipinski definition) is 8. The Bertz CT molecular complexity index is 929. The van der Waals surface area contributed by atoms with Crippen LogP contribution >= 0.6 is 11.8 Å². The zero-order chi connectivity index (χ0) is 24.3. The maximum absolute atomic E-state index is 12.5. The summed E-state index contributed by atoms with van der Waals surface area (Å²) >= 11 is 1.30. The number of nitrogens with zero attached hydrogens (tertiary/aromatic N) is 1. The number of hydrogen-bond donors (Lipinski definition) is 1. The van der Waals surface area contributed by atoms with Crippen molar-refractivity contribution in [2.45, 2.75) is 74.6 Å². The summed E-state index contributed by atoms with van der Waals surface area (Å²) in [5.41, 5.74) is 0.501. The number of fused-ring (bicyclic) bond motifs is 1. The van der Waals surface area contributed by atoms with Crippen molar-refractivity contribution in [2.75, 3.05) is 6.61 Å². The molecule has 1 aromatic carbocycles. The Labute approximate surface area is 253 Å². The van der Waals surface area contributed by atoms with E-state index in [1.165, 1.54) is 16.7 Å². The molecule has 0 saturated carbocycles. The Balaban J connectivity index is 0.00000306. The number of carbonyl (C=O) groups is 4. The molecule has 0 aliphatic carbocycles. The van der Waals surface area contributed by atoms with Crippen LogP contribution < -0.4 is 79.4 Å². The van der Waals surface area contributed by atoms with Gasteiger partial charge in [0.05, 0.1) is 18.6 Å². The molecule has 9 nitrogen and oxygen atoms in total. The Hall–Kier alpha value is -0.750. The van der Waals surface area contributed by atoms with Gasteiger partial charge in [-0.15, -0.1) is 11.8 Å². The number of aliphatic carboxylic acids is 2. The molecule has 12 heteroatoms. The first-order valence-electron chi connectivity index (χ1n) is 11.0. The molecule has 1 aromatic rings. The number of β-lactam (4-membered cyclic amide) rings is 1. The van der Waals surface area contributed by atoms with E-state index < -0.39 is 51.9 Å². The Morgan fingerprint density at radius 1 is 1.17 bits per heavy atom. The number of amides is 2. The summed E-state index contributed by atoms with van der Waals surface area (Å²) in [6, 6.07) is 4.76. The van der Waals surface area contributed by atoms with Crippen molar-refractivity contribution >= 4 is 35.5 Å². The molecule has 0 aromatic heterocycles. The summed E-state index contributed by atoms with van der Waals surface area (Å²) in [7, 11) is 0. The molecule has 2 saturated heterocycles. The third-order valence-electron chi connectivity index (χ3n) is 5.97. The molecule has 0 bridgehead atoms. The zero-order valence-corrected chi connectivity index (χ0v) is 25.7. The zero-order valence-electron chi connectivity index (χ0n) is 20.9. The van der Waals surface area contributed by atoms with Crippen molar-refractivity contribution in [1.82, 2.24) is 10.2 Å². The number of rotatable bonds is 11. The molecule has 0 spiro atoms. The quantitative estimate of drug-likeness (QED) is 0.172. The van der Waals surface area contributed by atoms with E-state index in [9.17, 15) is 29.4 Å². The van der Waals surface area contributed by atoms with Gasteiger partial charge in [0.2, 0.25) is 11.8 Å². The largest absolute Gasteiger partial charge is 1.00 e. The van der Waals surface area contributed by atoms with E-state index >= 15 is 0 Å². The summed E-state index contributed by atoms with van der Waals surface area (Å²) < 4.78 is 4.83. The molecule has 2 aliphatic rings. The van der Waals surface area contributed by atoms with Gasteiger partial charge >= 0.3 is 59.1 Å². The van der Waals surface area contributed by atoms with Crippen molar-refractivity contribution in [2.24, 2.45) is 0 Å². The van der Waals surface area contributed by atoms with Crippen LogP contribution in [-0.4, -0.2) is 57.5 Å². The van der Waals surface area contributed by atoms with E-state index in [1.54, 1.807) is 38.1 Å². The predicted octanol–water partition coefficient (Wildman–Crippen LogP) is -6.22. The van der Waals surface area contributed by atoms with Gasteiger partial charge in [0.1, 0.15) is 17.2 Å². The van der Waals surface area contributed by atoms with Gasteiger partial charge in [0.15, 0.2) is 0 Å². The van der Waals surface area contributed by atoms with E-state index in [0.29, 0.717) is 17.9 Å². The molecule has 2 amide bonds. The molecular weight excluding hydrogens is 494 g/mol. The van der Waals surface area contributed by atoms with Crippen molar-refractivity contribution in [3.05, 3.63) is 29.8 Å². The number of carboxylic acid groups (broad SMARTS) is 2. The maximum atomic E-state index is 12.5. The molecule has 3 rings (SSSR count). The number of benzene rings is 1. The van der Waals surface area contributed by atoms with Gasteiger partial charge in [0.25, 0.3) is 0 Å². The molecule has 2 unspecified atom stereocenters. The summed E-state index contributed by atoms with van der Waals surface area (Å²) in [6.07, 6.45) is 1.80.